The van der Waals surface area contributed by atoms with Gasteiger partial charge in [-0.05, 0) is 12.1 Å². The monoisotopic (exact) mass is 236 g/mol. The number of amides is 1. The van der Waals surface area contributed by atoms with Crippen molar-refractivity contribution in [3.05, 3.63) is 24.0 Å². The van der Waals surface area contributed by atoms with Crippen molar-refractivity contribution in [1.82, 2.24) is 0 Å². The first-order chi connectivity index (χ1) is 8.08. The molecule has 1 amide bonds. The summed E-state index contributed by atoms with van der Waals surface area (Å²) in [5.41, 5.74) is 5.88. The first-order valence-corrected chi connectivity index (χ1v) is 4.92. The van der Waals surface area contributed by atoms with Crippen molar-refractivity contribution in [1.29, 1.82) is 0 Å². The highest BCUT2D eigenvalue weighted by atomic mass is 19.1. The molecule has 3 N–H and O–H groups in total. The number of terminal acetylenes is 1. The minimum atomic E-state index is -0.797. The molecule has 1 atom stereocenters. The van der Waals surface area contributed by atoms with Crippen molar-refractivity contribution in [3.63, 3.8) is 0 Å². The van der Waals surface area contributed by atoms with Gasteiger partial charge in [0, 0.05) is 12.5 Å². The Balaban J connectivity index is 2.81. The Morgan fingerprint density at radius 2 is 2.41 bits per heavy atom. The molecule has 0 spiro atoms. The number of carbonyl (C=O) groups excluding carboxylic acids is 1. The van der Waals surface area contributed by atoms with Crippen molar-refractivity contribution in [2.45, 2.75) is 12.5 Å². The second-order valence-corrected chi connectivity index (χ2v) is 3.35. The number of nitrogens with two attached hydrogens (primary N) is 1. The Morgan fingerprint density at radius 1 is 1.71 bits per heavy atom. The lowest BCUT2D eigenvalue weighted by Gasteiger charge is -2.12. The number of carbonyl (C=O) groups is 1. The van der Waals surface area contributed by atoms with E-state index in [9.17, 15) is 9.18 Å². The van der Waals surface area contributed by atoms with E-state index in [1.807, 2.05) is 0 Å². The predicted octanol–water partition coefficient (Wildman–Crippen LogP) is 1.12. The molecule has 0 bridgehead atoms. The third kappa shape index (κ3) is 3.47. The minimum absolute atomic E-state index is 0.134. The standard InChI is InChI=1S/C12H13FN2O2/c1-3-4-9(14)12(16)15-10-6-5-8(13)7-11(10)17-2/h1,5-7,9H,4,14H2,2H3,(H,15,16). The highest BCUT2D eigenvalue weighted by Gasteiger charge is 2.14. The SMILES string of the molecule is C#CCC(N)C(=O)Nc1ccc(F)cc1OC. The van der Waals surface area contributed by atoms with Crippen LogP contribution in [-0.4, -0.2) is 19.1 Å². The lowest BCUT2D eigenvalue weighted by molar-refractivity contribution is -0.117. The molecule has 0 saturated heterocycles. The molecule has 0 aliphatic carbocycles. The van der Waals surface area contributed by atoms with E-state index < -0.39 is 17.8 Å². The Morgan fingerprint density at radius 3 is 3.00 bits per heavy atom. The van der Waals surface area contributed by atoms with Crippen molar-refractivity contribution in [3.8, 4) is 18.1 Å². The third-order valence-corrected chi connectivity index (χ3v) is 2.10. The van der Waals surface area contributed by atoms with E-state index in [0.717, 1.165) is 0 Å². The van der Waals surface area contributed by atoms with Crippen LogP contribution in [0.2, 0.25) is 0 Å². The molecule has 1 rings (SSSR count). The van der Waals surface area contributed by atoms with Crippen LogP contribution >= 0.6 is 0 Å². The Kier molecular flexibility index (Phi) is 4.49. The molecule has 0 heterocycles. The summed E-state index contributed by atoms with van der Waals surface area (Å²) < 4.78 is 17.8. The topological polar surface area (TPSA) is 64.4 Å². The molecule has 90 valence electrons. The van der Waals surface area contributed by atoms with Gasteiger partial charge in [0.05, 0.1) is 18.8 Å². The predicted molar refractivity (Wildman–Crippen MR) is 63.0 cm³/mol. The molecular formula is C12H13FN2O2. The first kappa shape index (κ1) is 13.0. The van der Waals surface area contributed by atoms with Crippen LogP contribution in [0.25, 0.3) is 0 Å². The van der Waals surface area contributed by atoms with E-state index in [0.29, 0.717) is 5.69 Å². The molecule has 1 unspecified atom stereocenters. The van der Waals surface area contributed by atoms with Crippen LogP contribution in [0.5, 0.6) is 5.75 Å². The van der Waals surface area contributed by atoms with Gasteiger partial charge in [0.2, 0.25) is 5.91 Å². The maximum Gasteiger partial charge on any atom is 0.242 e. The minimum Gasteiger partial charge on any atom is -0.494 e. The first-order valence-electron chi connectivity index (χ1n) is 4.92. The average molecular weight is 236 g/mol. The number of rotatable bonds is 4. The molecule has 0 saturated carbocycles. The van der Waals surface area contributed by atoms with Crippen LogP contribution in [0.3, 0.4) is 0 Å². The van der Waals surface area contributed by atoms with Gasteiger partial charge < -0.3 is 15.8 Å². The van der Waals surface area contributed by atoms with Crippen LogP contribution in [0.4, 0.5) is 10.1 Å². The maximum absolute atomic E-state index is 12.9. The van der Waals surface area contributed by atoms with Gasteiger partial charge in [-0.25, -0.2) is 4.39 Å². The Bertz CT molecular complexity index is 454. The van der Waals surface area contributed by atoms with Crippen molar-refractivity contribution < 1.29 is 13.9 Å². The van der Waals surface area contributed by atoms with Crippen LogP contribution in [0, 0.1) is 18.2 Å². The quantitative estimate of drug-likeness (QED) is 0.770. The fourth-order valence-corrected chi connectivity index (χ4v) is 1.21. The van der Waals surface area contributed by atoms with Gasteiger partial charge in [-0.15, -0.1) is 12.3 Å². The summed E-state index contributed by atoms with van der Waals surface area (Å²) >= 11 is 0. The van der Waals surface area contributed by atoms with E-state index in [4.69, 9.17) is 16.9 Å². The smallest absolute Gasteiger partial charge is 0.242 e. The molecule has 0 fully saturated rings. The molecule has 0 aliphatic rings. The van der Waals surface area contributed by atoms with E-state index in [-0.39, 0.29) is 12.2 Å². The van der Waals surface area contributed by atoms with Gasteiger partial charge in [-0.1, -0.05) is 0 Å². The zero-order chi connectivity index (χ0) is 12.8. The summed E-state index contributed by atoms with van der Waals surface area (Å²) in [6, 6.07) is 2.98. The molecule has 0 aliphatic heterocycles. The summed E-state index contributed by atoms with van der Waals surface area (Å²) in [6.45, 7) is 0. The fourth-order valence-electron chi connectivity index (χ4n) is 1.21. The van der Waals surface area contributed by atoms with Crippen molar-refractivity contribution >= 4 is 11.6 Å². The number of methoxy groups -OCH3 is 1. The highest BCUT2D eigenvalue weighted by Crippen LogP contribution is 2.24. The Labute approximate surface area is 99.0 Å². The number of hydrogen-bond donors (Lipinski definition) is 2. The van der Waals surface area contributed by atoms with Crippen molar-refractivity contribution in [2.24, 2.45) is 5.73 Å². The largest absolute Gasteiger partial charge is 0.494 e. The summed E-state index contributed by atoms with van der Waals surface area (Å²) in [4.78, 5) is 11.6. The van der Waals surface area contributed by atoms with Gasteiger partial charge in [0.1, 0.15) is 11.6 Å². The molecule has 0 radical (unpaired) electrons. The Hall–Kier alpha value is -2.06. The molecule has 0 aromatic heterocycles. The zero-order valence-electron chi connectivity index (χ0n) is 9.37. The number of nitrogens with one attached hydrogen (secondary N) is 1. The van der Waals surface area contributed by atoms with Crippen LogP contribution < -0.4 is 15.8 Å². The summed E-state index contributed by atoms with van der Waals surface area (Å²) in [7, 11) is 1.38. The van der Waals surface area contributed by atoms with Crippen LogP contribution in [0.15, 0.2) is 18.2 Å². The summed E-state index contributed by atoms with van der Waals surface area (Å²) in [5.74, 6) is 1.63. The van der Waals surface area contributed by atoms with E-state index in [2.05, 4.69) is 11.2 Å². The van der Waals surface area contributed by atoms with Gasteiger partial charge in [-0.3, -0.25) is 4.79 Å². The van der Waals surface area contributed by atoms with Gasteiger partial charge in [-0.2, -0.15) is 0 Å². The van der Waals surface area contributed by atoms with Gasteiger partial charge in [0.25, 0.3) is 0 Å². The number of ether oxygens (including phenoxy) is 1. The van der Waals surface area contributed by atoms with E-state index in [1.165, 1.54) is 25.3 Å². The summed E-state index contributed by atoms with van der Waals surface area (Å²) in [5, 5.41) is 2.52. The van der Waals surface area contributed by atoms with Crippen LogP contribution in [0.1, 0.15) is 6.42 Å². The molecule has 1 aromatic rings. The normalized spacial score (nSPS) is 11.4. The average Bonchev–Trinajstić information content (AvgIpc) is 2.31. The highest BCUT2D eigenvalue weighted by molar-refractivity contribution is 5.96. The lowest BCUT2D eigenvalue weighted by Crippen LogP contribution is -2.35. The molecule has 17 heavy (non-hydrogen) atoms. The second-order valence-electron chi connectivity index (χ2n) is 3.35. The number of benzene rings is 1. The third-order valence-electron chi connectivity index (χ3n) is 2.10. The zero-order valence-corrected chi connectivity index (χ0v) is 9.37. The summed E-state index contributed by atoms with van der Waals surface area (Å²) in [6.07, 6.45) is 5.19. The van der Waals surface area contributed by atoms with Gasteiger partial charge >= 0.3 is 0 Å². The molecule has 1 aromatic carbocycles. The lowest BCUT2D eigenvalue weighted by atomic mass is 10.2. The number of hydrogen-bond acceptors (Lipinski definition) is 3. The van der Waals surface area contributed by atoms with E-state index >= 15 is 0 Å². The number of anilines is 1. The molecule has 4 nitrogen and oxygen atoms in total. The van der Waals surface area contributed by atoms with E-state index in [1.54, 1.807) is 0 Å². The molecule has 5 heteroatoms. The van der Waals surface area contributed by atoms with Gasteiger partial charge in [0.15, 0.2) is 0 Å². The van der Waals surface area contributed by atoms with Crippen molar-refractivity contribution in [2.75, 3.05) is 12.4 Å². The molecular weight excluding hydrogens is 223 g/mol. The number of halogens is 1. The second kappa shape index (κ2) is 5.87. The maximum atomic E-state index is 12.9. The van der Waals surface area contributed by atoms with Crippen LogP contribution in [-0.2, 0) is 4.79 Å². The fraction of sp³-hybridized carbons (Fsp3) is 0.250.